The Morgan fingerprint density at radius 3 is 2.08 bits per heavy atom. The Hall–Kier alpha value is -1.60. The van der Waals surface area contributed by atoms with Crippen LogP contribution in [0.2, 0.25) is 0 Å². The smallest absolute Gasteiger partial charge is 0.135 e. The molecule has 0 saturated carbocycles. The van der Waals surface area contributed by atoms with Gasteiger partial charge in [-0.2, -0.15) is 0 Å². The van der Waals surface area contributed by atoms with E-state index >= 15 is 0 Å². The summed E-state index contributed by atoms with van der Waals surface area (Å²) < 4.78 is 0.913. The molecule has 2 rings (SSSR count). The third-order valence-electron chi connectivity index (χ3n) is 4.86. The number of rotatable bonds is 10. The van der Waals surface area contributed by atoms with Gasteiger partial charge in [0.05, 0.1) is 14.1 Å². The molecule has 0 aromatic heterocycles. The maximum absolute atomic E-state index is 2.33. The molecule has 0 bridgehead atoms. The van der Waals surface area contributed by atoms with Crippen LogP contribution in [0, 0.1) is 0 Å². The topological polar surface area (TPSA) is 0 Å². The Labute approximate surface area is 148 Å². The molecule has 1 heteroatoms. The number of quaternary nitrogens is 1. The molecule has 0 radical (unpaired) electrons. The Balaban J connectivity index is 1.99. The zero-order valence-electron chi connectivity index (χ0n) is 15.8. The van der Waals surface area contributed by atoms with Crippen molar-refractivity contribution < 1.29 is 0 Å². The summed E-state index contributed by atoms with van der Waals surface area (Å²) in [5.74, 6) is 0. The standard InChI is InChI=1S/C23H34N/c1-4-5-6-7-8-12-17-22-18-13-14-19-23(22)24(2,3)20-21-15-10-9-11-16-21/h9-11,13-16,18-19H,4-8,12,17,20H2,1-3H3/q+1. The van der Waals surface area contributed by atoms with E-state index in [-0.39, 0.29) is 0 Å². The normalized spacial score (nSPS) is 11.6. The fraction of sp³-hybridized carbons (Fsp3) is 0.478. The number of para-hydroxylation sites is 1. The quantitative estimate of drug-likeness (QED) is 0.352. The lowest BCUT2D eigenvalue weighted by atomic mass is 10.0. The first-order valence-electron chi connectivity index (χ1n) is 9.59. The highest BCUT2D eigenvalue weighted by Crippen LogP contribution is 2.28. The largest absolute Gasteiger partial charge is 0.292 e. The van der Waals surface area contributed by atoms with Crippen LogP contribution in [0.1, 0.15) is 56.6 Å². The van der Waals surface area contributed by atoms with Gasteiger partial charge in [-0.1, -0.05) is 87.6 Å². The molecule has 24 heavy (non-hydrogen) atoms. The molecular formula is C23H34N+. The number of hydrogen-bond donors (Lipinski definition) is 0. The van der Waals surface area contributed by atoms with Crippen LogP contribution in [0.5, 0.6) is 0 Å². The molecule has 0 spiro atoms. The Kier molecular flexibility index (Phi) is 7.52. The summed E-state index contributed by atoms with van der Waals surface area (Å²) in [6, 6.07) is 19.9. The minimum absolute atomic E-state index is 0.913. The van der Waals surface area contributed by atoms with Gasteiger partial charge in [0.15, 0.2) is 0 Å². The highest BCUT2D eigenvalue weighted by molar-refractivity contribution is 5.50. The Morgan fingerprint density at radius 2 is 1.33 bits per heavy atom. The van der Waals surface area contributed by atoms with Crippen molar-refractivity contribution in [2.45, 2.75) is 58.4 Å². The molecule has 2 aromatic rings. The van der Waals surface area contributed by atoms with Crippen LogP contribution < -0.4 is 4.48 Å². The summed E-state index contributed by atoms with van der Waals surface area (Å²) in [4.78, 5) is 0. The maximum atomic E-state index is 2.33. The molecular weight excluding hydrogens is 290 g/mol. The fourth-order valence-electron chi connectivity index (χ4n) is 3.53. The van der Waals surface area contributed by atoms with E-state index in [0.717, 1.165) is 11.0 Å². The van der Waals surface area contributed by atoms with Gasteiger partial charge in [-0.15, -0.1) is 0 Å². The molecule has 2 aromatic carbocycles. The second kappa shape index (κ2) is 9.64. The number of unbranched alkanes of at least 4 members (excludes halogenated alkanes) is 5. The Bertz CT molecular complexity index is 586. The van der Waals surface area contributed by atoms with E-state index in [9.17, 15) is 0 Å². The van der Waals surface area contributed by atoms with Gasteiger partial charge in [-0.3, -0.25) is 4.48 Å². The molecule has 0 N–H and O–H groups in total. The van der Waals surface area contributed by atoms with E-state index in [1.807, 2.05) is 0 Å². The van der Waals surface area contributed by atoms with Gasteiger partial charge in [0.2, 0.25) is 0 Å². The van der Waals surface area contributed by atoms with Gasteiger partial charge < -0.3 is 0 Å². The van der Waals surface area contributed by atoms with E-state index in [1.165, 1.54) is 61.8 Å². The Morgan fingerprint density at radius 1 is 0.708 bits per heavy atom. The summed E-state index contributed by atoms with van der Waals surface area (Å²) in [7, 11) is 4.65. The molecule has 1 nitrogen and oxygen atoms in total. The molecule has 0 amide bonds. The molecule has 0 fully saturated rings. The van der Waals surface area contributed by atoms with E-state index in [0.29, 0.717) is 0 Å². The summed E-state index contributed by atoms with van der Waals surface area (Å²) in [5.41, 5.74) is 4.39. The zero-order chi connectivity index (χ0) is 17.3. The fourth-order valence-corrected chi connectivity index (χ4v) is 3.53. The molecule has 0 atom stereocenters. The van der Waals surface area contributed by atoms with E-state index in [2.05, 4.69) is 75.6 Å². The summed E-state index contributed by atoms with van der Waals surface area (Å²) in [5, 5.41) is 0. The van der Waals surface area contributed by atoms with Crippen molar-refractivity contribution in [3.8, 4) is 0 Å². The van der Waals surface area contributed by atoms with Crippen molar-refractivity contribution in [1.29, 1.82) is 0 Å². The van der Waals surface area contributed by atoms with Crippen LogP contribution in [0.15, 0.2) is 54.6 Å². The van der Waals surface area contributed by atoms with Crippen molar-refractivity contribution >= 4 is 5.69 Å². The average Bonchev–Trinajstić information content (AvgIpc) is 2.59. The highest BCUT2D eigenvalue weighted by Gasteiger charge is 2.22. The number of benzene rings is 2. The van der Waals surface area contributed by atoms with Crippen LogP contribution in [0.3, 0.4) is 0 Å². The predicted octanol–water partition coefficient (Wildman–Crippen LogP) is 6.36. The number of aryl methyl sites for hydroxylation is 1. The lowest BCUT2D eigenvalue weighted by Crippen LogP contribution is -2.40. The SMILES string of the molecule is CCCCCCCCc1ccccc1[N+](C)(C)Cc1ccccc1. The third-order valence-corrected chi connectivity index (χ3v) is 4.86. The average molecular weight is 325 g/mol. The van der Waals surface area contributed by atoms with Crippen LogP contribution in [-0.2, 0) is 13.0 Å². The number of hydrogen-bond acceptors (Lipinski definition) is 0. The zero-order valence-corrected chi connectivity index (χ0v) is 15.8. The lowest BCUT2D eigenvalue weighted by molar-refractivity contribution is 0.388. The maximum Gasteiger partial charge on any atom is 0.135 e. The van der Waals surface area contributed by atoms with E-state index < -0.39 is 0 Å². The van der Waals surface area contributed by atoms with Gasteiger partial charge in [0.1, 0.15) is 12.2 Å². The second-order valence-corrected chi connectivity index (χ2v) is 7.48. The monoisotopic (exact) mass is 324 g/mol. The molecule has 0 heterocycles. The van der Waals surface area contributed by atoms with Crippen molar-refractivity contribution in [2.75, 3.05) is 14.1 Å². The minimum Gasteiger partial charge on any atom is -0.292 e. The first kappa shape index (κ1) is 18.7. The summed E-state index contributed by atoms with van der Waals surface area (Å²) in [6.07, 6.45) is 9.38. The second-order valence-electron chi connectivity index (χ2n) is 7.48. The molecule has 0 aliphatic heterocycles. The first-order chi connectivity index (χ1) is 11.6. The van der Waals surface area contributed by atoms with Gasteiger partial charge in [0, 0.05) is 11.1 Å². The van der Waals surface area contributed by atoms with E-state index in [1.54, 1.807) is 0 Å². The number of nitrogens with zero attached hydrogens (tertiary/aromatic N) is 1. The summed E-state index contributed by atoms with van der Waals surface area (Å²) in [6.45, 7) is 3.32. The first-order valence-corrected chi connectivity index (χ1v) is 9.59. The summed E-state index contributed by atoms with van der Waals surface area (Å²) >= 11 is 0. The molecule has 0 saturated heterocycles. The van der Waals surface area contributed by atoms with Crippen molar-refractivity contribution in [3.63, 3.8) is 0 Å². The molecule has 0 unspecified atom stereocenters. The molecule has 0 aliphatic rings. The van der Waals surface area contributed by atoms with Gasteiger partial charge in [-0.25, -0.2) is 0 Å². The van der Waals surface area contributed by atoms with E-state index in [4.69, 9.17) is 0 Å². The minimum atomic E-state index is 0.913. The van der Waals surface area contributed by atoms with Crippen molar-refractivity contribution in [3.05, 3.63) is 65.7 Å². The van der Waals surface area contributed by atoms with Crippen LogP contribution in [0.4, 0.5) is 5.69 Å². The van der Waals surface area contributed by atoms with Gasteiger partial charge in [-0.05, 0) is 18.9 Å². The van der Waals surface area contributed by atoms with Crippen LogP contribution in [0.25, 0.3) is 0 Å². The van der Waals surface area contributed by atoms with Crippen LogP contribution >= 0.6 is 0 Å². The predicted molar refractivity (Wildman–Crippen MR) is 107 cm³/mol. The third kappa shape index (κ3) is 5.79. The van der Waals surface area contributed by atoms with Crippen molar-refractivity contribution in [2.24, 2.45) is 0 Å². The van der Waals surface area contributed by atoms with Crippen LogP contribution in [-0.4, -0.2) is 14.1 Å². The highest BCUT2D eigenvalue weighted by atomic mass is 15.3. The van der Waals surface area contributed by atoms with Crippen molar-refractivity contribution in [1.82, 2.24) is 4.48 Å². The molecule has 0 aliphatic carbocycles. The molecule has 130 valence electrons. The lowest BCUT2D eigenvalue weighted by Gasteiger charge is -2.31. The van der Waals surface area contributed by atoms with Gasteiger partial charge >= 0.3 is 0 Å². The van der Waals surface area contributed by atoms with Gasteiger partial charge in [0.25, 0.3) is 0 Å².